The molecule has 0 aromatic carbocycles. The van der Waals surface area contributed by atoms with E-state index in [0.717, 1.165) is 5.57 Å². The minimum Gasteiger partial charge on any atom is -0.290 e. The molecule has 0 fully saturated rings. The van der Waals surface area contributed by atoms with Crippen LogP contribution >= 0.6 is 11.6 Å². The summed E-state index contributed by atoms with van der Waals surface area (Å²) in [6.45, 7) is 9.41. The Kier molecular flexibility index (Phi) is 10.2. The first-order valence-electron chi connectivity index (χ1n) is 6.08. The molecule has 0 radical (unpaired) electrons. The quantitative estimate of drug-likeness (QED) is 0.327. The van der Waals surface area contributed by atoms with Crippen LogP contribution in [0, 0.1) is 5.92 Å². The van der Waals surface area contributed by atoms with Gasteiger partial charge in [0.1, 0.15) is 12.5 Å². The van der Waals surface area contributed by atoms with Crippen molar-refractivity contribution < 1.29 is 5.21 Å². The van der Waals surface area contributed by atoms with E-state index in [1.165, 1.54) is 6.20 Å². The van der Waals surface area contributed by atoms with Crippen LogP contribution in [0.25, 0.3) is 0 Å². The van der Waals surface area contributed by atoms with E-state index in [1.54, 1.807) is 18.4 Å². The van der Waals surface area contributed by atoms with Gasteiger partial charge in [-0.25, -0.2) is 4.99 Å². The monoisotopic (exact) mass is 296 g/mol. The molecule has 0 spiro atoms. The second kappa shape index (κ2) is 11.1. The lowest BCUT2D eigenvalue weighted by Gasteiger charge is -2.06. The van der Waals surface area contributed by atoms with Gasteiger partial charge in [0.25, 0.3) is 0 Å². The highest BCUT2D eigenvalue weighted by Gasteiger charge is 2.05. The zero-order valence-electron chi connectivity index (χ0n) is 12.0. The van der Waals surface area contributed by atoms with Crippen LogP contribution in [0.2, 0.25) is 0 Å². The minimum absolute atomic E-state index is 0.174. The highest BCUT2D eigenvalue weighted by atomic mass is 35.5. The lowest BCUT2D eigenvalue weighted by molar-refractivity contribution is 0.230. The van der Waals surface area contributed by atoms with Crippen molar-refractivity contribution >= 4 is 30.4 Å². The van der Waals surface area contributed by atoms with Crippen molar-refractivity contribution in [3.63, 3.8) is 0 Å². The van der Waals surface area contributed by atoms with Gasteiger partial charge in [0.2, 0.25) is 0 Å². The van der Waals surface area contributed by atoms with Crippen LogP contribution in [0.3, 0.4) is 0 Å². The Balaban J connectivity index is 4.70. The zero-order chi connectivity index (χ0) is 15.4. The van der Waals surface area contributed by atoms with E-state index >= 15 is 0 Å². The summed E-state index contributed by atoms with van der Waals surface area (Å²) in [4.78, 5) is 11.7. The first kappa shape index (κ1) is 18.3. The van der Waals surface area contributed by atoms with E-state index in [-0.39, 0.29) is 12.6 Å². The van der Waals surface area contributed by atoms with Gasteiger partial charge in [-0.15, -0.1) is 0 Å². The number of allylic oxidation sites excluding steroid dienone is 5. The topological polar surface area (TPSA) is 69.3 Å². The molecule has 0 amide bonds. The molecule has 0 saturated carbocycles. The molecule has 1 unspecified atom stereocenters. The minimum atomic E-state index is -0.174. The fraction of sp³-hybridized carbons (Fsp3) is 0.357. The predicted octanol–water partition coefficient (Wildman–Crippen LogP) is 3.33. The first-order chi connectivity index (χ1) is 9.51. The predicted molar refractivity (Wildman–Crippen MR) is 86.9 cm³/mol. The van der Waals surface area contributed by atoms with Crippen molar-refractivity contribution in [3.8, 4) is 0 Å². The van der Waals surface area contributed by atoms with Gasteiger partial charge in [-0.05, 0) is 32.7 Å². The number of nitrogens with one attached hydrogen (secondary N) is 1. The Morgan fingerprint density at radius 2 is 2.10 bits per heavy atom. The Bertz CT molecular complexity index is 446. The molecule has 2 N–H and O–H groups in total. The van der Waals surface area contributed by atoms with Gasteiger partial charge in [0.05, 0.1) is 5.92 Å². The Labute approximate surface area is 125 Å². The summed E-state index contributed by atoms with van der Waals surface area (Å²) in [5.41, 5.74) is 3.19. The highest BCUT2D eigenvalue weighted by Crippen LogP contribution is 2.05. The maximum Gasteiger partial charge on any atom is 0.133 e. The number of hydrogen-bond donors (Lipinski definition) is 2. The molecule has 1 atom stereocenters. The van der Waals surface area contributed by atoms with Crippen molar-refractivity contribution in [1.29, 1.82) is 0 Å². The van der Waals surface area contributed by atoms with Crippen molar-refractivity contribution in [2.75, 3.05) is 6.67 Å². The molecule has 5 nitrogen and oxygen atoms in total. The summed E-state index contributed by atoms with van der Waals surface area (Å²) in [7, 11) is 0. The SMILES string of the molecule is C=NC/N=C\C(C)C(=N/C=C/C(Cl)=C\C=C(C)C)NO. The molecule has 0 aliphatic heterocycles. The second-order valence-corrected chi connectivity index (χ2v) is 4.66. The summed E-state index contributed by atoms with van der Waals surface area (Å²) >= 11 is 5.97. The van der Waals surface area contributed by atoms with E-state index in [0.29, 0.717) is 10.9 Å². The van der Waals surface area contributed by atoms with Gasteiger partial charge in [-0.3, -0.25) is 20.7 Å². The number of halogens is 1. The largest absolute Gasteiger partial charge is 0.290 e. The Morgan fingerprint density at radius 1 is 1.40 bits per heavy atom. The molecule has 0 bridgehead atoms. The summed E-state index contributed by atoms with van der Waals surface area (Å²) < 4.78 is 0. The average Bonchev–Trinajstić information content (AvgIpc) is 2.41. The Hall–Kier alpha value is -1.72. The first-order valence-corrected chi connectivity index (χ1v) is 6.46. The van der Waals surface area contributed by atoms with E-state index in [4.69, 9.17) is 16.8 Å². The number of hydrogen-bond acceptors (Lipinski definition) is 4. The molecule has 0 rings (SSSR count). The van der Waals surface area contributed by atoms with Crippen LogP contribution in [-0.4, -0.2) is 30.6 Å². The second-order valence-electron chi connectivity index (χ2n) is 4.22. The van der Waals surface area contributed by atoms with Gasteiger partial charge in [-0.1, -0.05) is 30.2 Å². The normalized spacial score (nSPS) is 14.7. The fourth-order valence-electron chi connectivity index (χ4n) is 1.07. The van der Waals surface area contributed by atoms with Crippen LogP contribution in [-0.2, 0) is 0 Å². The van der Waals surface area contributed by atoms with Crippen LogP contribution in [0.5, 0.6) is 0 Å². The maximum atomic E-state index is 9.03. The van der Waals surface area contributed by atoms with Crippen molar-refractivity contribution in [1.82, 2.24) is 5.48 Å². The van der Waals surface area contributed by atoms with Crippen molar-refractivity contribution in [3.05, 3.63) is 35.0 Å². The lowest BCUT2D eigenvalue weighted by Crippen LogP contribution is -2.27. The van der Waals surface area contributed by atoms with Gasteiger partial charge < -0.3 is 0 Å². The van der Waals surface area contributed by atoms with Crippen LogP contribution in [0.15, 0.2) is 50.0 Å². The smallest absolute Gasteiger partial charge is 0.133 e. The van der Waals surface area contributed by atoms with Crippen LogP contribution < -0.4 is 5.48 Å². The maximum absolute atomic E-state index is 9.03. The van der Waals surface area contributed by atoms with E-state index < -0.39 is 0 Å². The summed E-state index contributed by atoms with van der Waals surface area (Å²) in [5, 5.41) is 9.57. The summed E-state index contributed by atoms with van der Waals surface area (Å²) in [6.07, 6.45) is 8.44. The van der Waals surface area contributed by atoms with Crippen molar-refractivity contribution in [2.24, 2.45) is 20.9 Å². The van der Waals surface area contributed by atoms with E-state index in [2.05, 4.69) is 21.7 Å². The van der Waals surface area contributed by atoms with Crippen LogP contribution in [0.4, 0.5) is 0 Å². The molecular weight excluding hydrogens is 276 g/mol. The highest BCUT2D eigenvalue weighted by molar-refractivity contribution is 6.31. The molecule has 6 heteroatoms. The number of nitrogens with zero attached hydrogens (tertiary/aromatic N) is 3. The average molecular weight is 297 g/mol. The molecule has 0 aliphatic carbocycles. The van der Waals surface area contributed by atoms with Gasteiger partial charge in [0, 0.05) is 17.4 Å². The molecule has 0 aromatic rings. The van der Waals surface area contributed by atoms with Gasteiger partial charge in [-0.2, -0.15) is 0 Å². The zero-order valence-corrected chi connectivity index (χ0v) is 12.8. The molecule has 110 valence electrons. The number of amidine groups is 1. The van der Waals surface area contributed by atoms with Crippen molar-refractivity contribution in [2.45, 2.75) is 20.8 Å². The third kappa shape index (κ3) is 9.24. The third-order valence-corrected chi connectivity index (χ3v) is 2.33. The molecule has 0 heterocycles. The van der Waals surface area contributed by atoms with E-state index in [1.807, 2.05) is 32.3 Å². The molecule has 20 heavy (non-hydrogen) atoms. The molecule has 0 saturated heterocycles. The standard InChI is InChI=1S/C14H21ClN4O/c1-11(2)5-6-13(15)7-8-18-14(19-20)12(3)9-17-10-16-4/h5-9,12,20H,4,10H2,1-3H3,(H,18,19)/b8-7+,13-6+,17-9-. The fourth-order valence-corrected chi connectivity index (χ4v) is 1.19. The molecule has 0 aliphatic rings. The van der Waals surface area contributed by atoms with Gasteiger partial charge >= 0.3 is 0 Å². The Morgan fingerprint density at radius 3 is 2.65 bits per heavy atom. The lowest BCUT2D eigenvalue weighted by atomic mass is 10.2. The molecular formula is C14H21ClN4O. The number of rotatable bonds is 7. The van der Waals surface area contributed by atoms with Gasteiger partial charge in [0.15, 0.2) is 0 Å². The summed E-state index contributed by atoms with van der Waals surface area (Å²) in [6, 6.07) is 0. The summed E-state index contributed by atoms with van der Waals surface area (Å²) in [5.74, 6) is 0.188. The third-order valence-electron chi connectivity index (χ3n) is 2.08. The number of aliphatic imine (C=N–C) groups is 3. The molecule has 0 aromatic heterocycles. The van der Waals surface area contributed by atoms with Crippen LogP contribution in [0.1, 0.15) is 20.8 Å². The van der Waals surface area contributed by atoms with E-state index in [9.17, 15) is 0 Å². The number of hydroxylamine groups is 1.